The number of fused-ring (bicyclic) bond motifs is 1. The van der Waals surface area contributed by atoms with Crippen molar-refractivity contribution in [3.63, 3.8) is 0 Å². The van der Waals surface area contributed by atoms with E-state index in [2.05, 4.69) is 5.32 Å². The zero-order chi connectivity index (χ0) is 11.0. The molecule has 0 bridgehead atoms. The van der Waals surface area contributed by atoms with Crippen LogP contribution in [0.3, 0.4) is 0 Å². The maximum absolute atomic E-state index is 11.0. The summed E-state index contributed by atoms with van der Waals surface area (Å²) in [7, 11) is 0. The highest BCUT2D eigenvalue weighted by molar-refractivity contribution is 6.35. The second kappa shape index (κ2) is 4.00. The lowest BCUT2D eigenvalue weighted by molar-refractivity contribution is -0.139. The summed E-state index contributed by atoms with van der Waals surface area (Å²) in [6.45, 7) is 0.616. The Morgan fingerprint density at radius 3 is 2.87 bits per heavy atom. The first-order valence-corrected chi connectivity index (χ1v) is 5.29. The van der Waals surface area contributed by atoms with E-state index in [0.717, 1.165) is 12.0 Å². The quantitative estimate of drug-likeness (QED) is 0.799. The normalized spacial score (nSPS) is 19.7. The van der Waals surface area contributed by atoms with E-state index in [4.69, 9.17) is 28.3 Å². The third-order valence-electron chi connectivity index (χ3n) is 2.48. The van der Waals surface area contributed by atoms with Crippen LogP contribution in [0.4, 0.5) is 0 Å². The van der Waals surface area contributed by atoms with E-state index in [-0.39, 0.29) is 0 Å². The molecule has 15 heavy (non-hydrogen) atoms. The van der Waals surface area contributed by atoms with Crippen LogP contribution in [0.1, 0.15) is 17.2 Å². The van der Waals surface area contributed by atoms with Crippen LogP contribution >= 0.6 is 23.2 Å². The van der Waals surface area contributed by atoms with E-state index in [1.54, 1.807) is 12.1 Å². The van der Waals surface area contributed by atoms with Gasteiger partial charge in [-0.15, -0.1) is 0 Å². The molecule has 0 spiro atoms. The topological polar surface area (TPSA) is 49.3 Å². The highest BCUT2D eigenvalue weighted by Crippen LogP contribution is 2.32. The predicted molar refractivity (Wildman–Crippen MR) is 58.5 cm³/mol. The SMILES string of the molecule is O=C(O)C1NCCc2c(Cl)cc(Cl)cc21. The first-order chi connectivity index (χ1) is 7.09. The van der Waals surface area contributed by atoms with Crippen molar-refractivity contribution in [2.24, 2.45) is 0 Å². The molecule has 0 amide bonds. The van der Waals surface area contributed by atoms with Gasteiger partial charge in [0.05, 0.1) is 0 Å². The van der Waals surface area contributed by atoms with Gasteiger partial charge in [-0.1, -0.05) is 23.2 Å². The Hall–Kier alpha value is -0.770. The number of rotatable bonds is 1. The highest BCUT2D eigenvalue weighted by atomic mass is 35.5. The van der Waals surface area contributed by atoms with Crippen molar-refractivity contribution in [2.45, 2.75) is 12.5 Å². The van der Waals surface area contributed by atoms with Gasteiger partial charge in [0.25, 0.3) is 0 Å². The third-order valence-corrected chi connectivity index (χ3v) is 3.03. The molecule has 2 N–H and O–H groups in total. The number of hydrogen-bond donors (Lipinski definition) is 2. The van der Waals surface area contributed by atoms with Crippen LogP contribution in [0.15, 0.2) is 12.1 Å². The van der Waals surface area contributed by atoms with Gasteiger partial charge in [0.15, 0.2) is 0 Å². The minimum atomic E-state index is -0.908. The maximum atomic E-state index is 11.0. The summed E-state index contributed by atoms with van der Waals surface area (Å²) >= 11 is 11.9. The molecule has 1 aliphatic rings. The molecule has 1 aromatic rings. The van der Waals surface area contributed by atoms with Crippen LogP contribution in [0.25, 0.3) is 0 Å². The van der Waals surface area contributed by atoms with Gasteiger partial charge < -0.3 is 10.4 Å². The molecule has 1 aliphatic heterocycles. The molecule has 1 unspecified atom stereocenters. The number of nitrogens with one attached hydrogen (secondary N) is 1. The summed E-state index contributed by atoms with van der Waals surface area (Å²) in [6.07, 6.45) is 0.731. The van der Waals surface area contributed by atoms with E-state index in [0.29, 0.717) is 22.2 Å². The Balaban J connectivity index is 2.55. The van der Waals surface area contributed by atoms with Crippen molar-refractivity contribution >= 4 is 29.2 Å². The molecule has 0 saturated carbocycles. The second-order valence-electron chi connectivity index (χ2n) is 3.43. The summed E-state index contributed by atoms with van der Waals surface area (Å²) in [5.74, 6) is -0.908. The van der Waals surface area contributed by atoms with Crippen molar-refractivity contribution < 1.29 is 9.90 Å². The zero-order valence-corrected chi connectivity index (χ0v) is 9.27. The van der Waals surface area contributed by atoms with E-state index in [9.17, 15) is 4.79 Å². The lowest BCUT2D eigenvalue weighted by Gasteiger charge is -2.24. The van der Waals surface area contributed by atoms with Gasteiger partial charge in [0.2, 0.25) is 0 Å². The Kier molecular flexibility index (Phi) is 2.87. The Bertz CT molecular complexity index is 420. The van der Waals surface area contributed by atoms with Crippen LogP contribution in [0, 0.1) is 0 Å². The molecule has 1 heterocycles. The van der Waals surface area contributed by atoms with Gasteiger partial charge in [0.1, 0.15) is 6.04 Å². The first kappa shape index (κ1) is 10.7. The summed E-state index contributed by atoms with van der Waals surface area (Å²) in [5, 5.41) is 12.9. The number of benzene rings is 1. The van der Waals surface area contributed by atoms with Crippen molar-refractivity contribution in [3.05, 3.63) is 33.3 Å². The third kappa shape index (κ3) is 1.95. The number of carbonyl (C=O) groups is 1. The van der Waals surface area contributed by atoms with Crippen LogP contribution in [-0.2, 0) is 11.2 Å². The molecular formula is C10H9Cl2NO2. The predicted octanol–water partition coefficient (Wildman–Crippen LogP) is 2.26. The van der Waals surface area contributed by atoms with Crippen molar-refractivity contribution in [1.29, 1.82) is 0 Å². The second-order valence-corrected chi connectivity index (χ2v) is 4.27. The lowest BCUT2D eigenvalue weighted by Crippen LogP contribution is -2.35. The highest BCUT2D eigenvalue weighted by Gasteiger charge is 2.27. The summed E-state index contributed by atoms with van der Waals surface area (Å²) < 4.78 is 0. The van der Waals surface area contributed by atoms with E-state index in [1.807, 2.05) is 0 Å². The molecule has 0 radical (unpaired) electrons. The number of carboxylic acids is 1. The first-order valence-electron chi connectivity index (χ1n) is 4.53. The van der Waals surface area contributed by atoms with Gasteiger partial charge in [-0.2, -0.15) is 0 Å². The Morgan fingerprint density at radius 2 is 2.20 bits per heavy atom. The van der Waals surface area contributed by atoms with Crippen molar-refractivity contribution in [3.8, 4) is 0 Å². The number of aliphatic carboxylic acids is 1. The zero-order valence-electron chi connectivity index (χ0n) is 7.76. The average molecular weight is 246 g/mol. The van der Waals surface area contributed by atoms with Crippen LogP contribution < -0.4 is 5.32 Å². The number of carboxylic acid groups (broad SMARTS) is 1. The van der Waals surface area contributed by atoms with Gasteiger partial charge in [-0.3, -0.25) is 4.79 Å². The maximum Gasteiger partial charge on any atom is 0.325 e. The van der Waals surface area contributed by atoms with Gasteiger partial charge in [-0.05, 0) is 29.7 Å². The van der Waals surface area contributed by atoms with Crippen LogP contribution in [0.2, 0.25) is 10.0 Å². The fraction of sp³-hybridized carbons (Fsp3) is 0.300. The van der Waals surface area contributed by atoms with Gasteiger partial charge in [0, 0.05) is 16.6 Å². The number of hydrogen-bond acceptors (Lipinski definition) is 2. The van der Waals surface area contributed by atoms with E-state index >= 15 is 0 Å². The number of halogens is 2. The largest absolute Gasteiger partial charge is 0.480 e. The fourth-order valence-corrected chi connectivity index (χ4v) is 2.42. The van der Waals surface area contributed by atoms with Crippen molar-refractivity contribution in [1.82, 2.24) is 5.32 Å². The summed E-state index contributed by atoms with van der Waals surface area (Å²) in [6, 6.07) is 2.60. The summed E-state index contributed by atoms with van der Waals surface area (Å²) in [5.41, 5.74) is 1.55. The van der Waals surface area contributed by atoms with Gasteiger partial charge >= 0.3 is 5.97 Å². The standard InChI is InChI=1S/C10H9Cl2NO2/c11-5-3-7-6(8(12)4-5)1-2-13-9(7)10(14)15/h3-4,9,13H,1-2H2,(H,14,15). The molecule has 1 atom stereocenters. The average Bonchev–Trinajstić information content (AvgIpc) is 2.16. The molecule has 1 aromatic carbocycles. The lowest BCUT2D eigenvalue weighted by atomic mass is 9.94. The van der Waals surface area contributed by atoms with E-state index in [1.165, 1.54) is 0 Å². The minimum absolute atomic E-state index is 0.466. The van der Waals surface area contributed by atoms with Crippen molar-refractivity contribution in [2.75, 3.05) is 6.54 Å². The molecule has 2 rings (SSSR count). The molecular weight excluding hydrogens is 237 g/mol. The minimum Gasteiger partial charge on any atom is -0.480 e. The molecule has 0 aromatic heterocycles. The van der Waals surface area contributed by atoms with E-state index < -0.39 is 12.0 Å². The molecule has 0 fully saturated rings. The molecule has 5 heteroatoms. The van der Waals surface area contributed by atoms with Crippen LogP contribution in [0.5, 0.6) is 0 Å². The monoisotopic (exact) mass is 245 g/mol. The van der Waals surface area contributed by atoms with Crippen LogP contribution in [-0.4, -0.2) is 17.6 Å². The van der Waals surface area contributed by atoms with Gasteiger partial charge in [-0.25, -0.2) is 0 Å². The molecule has 0 aliphatic carbocycles. The molecule has 0 saturated heterocycles. The fourth-order valence-electron chi connectivity index (χ4n) is 1.82. The summed E-state index contributed by atoms with van der Waals surface area (Å²) in [4.78, 5) is 11.0. The molecule has 80 valence electrons. The molecule has 3 nitrogen and oxygen atoms in total. The Labute approximate surface area is 97.0 Å². The Morgan fingerprint density at radius 1 is 1.47 bits per heavy atom. The smallest absolute Gasteiger partial charge is 0.325 e.